The predicted octanol–water partition coefficient (Wildman–Crippen LogP) is 3.14. The van der Waals surface area contributed by atoms with Gasteiger partial charge in [-0.15, -0.1) is 0 Å². The highest BCUT2D eigenvalue weighted by Gasteiger charge is 2.44. The number of aliphatic hydroxyl groups excluding tert-OH is 4. The van der Waals surface area contributed by atoms with E-state index in [0.717, 1.165) is 29.0 Å². The van der Waals surface area contributed by atoms with Gasteiger partial charge in [0.2, 0.25) is 0 Å². The van der Waals surface area contributed by atoms with E-state index in [9.17, 15) is 20.4 Å². The zero-order valence-electron chi connectivity index (χ0n) is 20.5. The largest absolute Gasteiger partial charge is 0.490 e. The van der Waals surface area contributed by atoms with Gasteiger partial charge >= 0.3 is 0 Å². The first-order valence-electron chi connectivity index (χ1n) is 12.4. The van der Waals surface area contributed by atoms with E-state index in [1.165, 1.54) is 11.1 Å². The van der Waals surface area contributed by atoms with Crippen molar-refractivity contribution in [3.8, 4) is 11.5 Å². The Kier molecular flexibility index (Phi) is 7.72. The first-order valence-corrected chi connectivity index (χ1v) is 12.8. The van der Waals surface area contributed by atoms with Crippen molar-refractivity contribution in [3.63, 3.8) is 0 Å². The van der Waals surface area contributed by atoms with E-state index < -0.39 is 37.1 Å². The van der Waals surface area contributed by atoms with Crippen molar-refractivity contribution in [2.24, 2.45) is 0 Å². The number of aliphatic hydroxyl groups is 4. The van der Waals surface area contributed by atoms with Crippen LogP contribution < -0.4 is 9.47 Å². The average Bonchev–Trinajstić information content (AvgIpc) is 3.30. The van der Waals surface area contributed by atoms with Crippen molar-refractivity contribution >= 4 is 11.6 Å². The third-order valence-corrected chi connectivity index (χ3v) is 7.38. The number of hydrogen-bond acceptors (Lipinski definition) is 7. The third kappa shape index (κ3) is 5.62. The van der Waals surface area contributed by atoms with Crippen LogP contribution in [0, 0.1) is 6.92 Å². The molecule has 196 valence electrons. The quantitative estimate of drug-likeness (QED) is 0.374. The van der Waals surface area contributed by atoms with Gasteiger partial charge in [-0.2, -0.15) is 0 Å². The van der Waals surface area contributed by atoms with Crippen molar-refractivity contribution in [2.45, 2.75) is 56.4 Å². The van der Waals surface area contributed by atoms with Crippen molar-refractivity contribution in [3.05, 3.63) is 93.5 Å². The van der Waals surface area contributed by atoms with Crippen LogP contribution in [0.3, 0.4) is 0 Å². The topological polar surface area (TPSA) is 109 Å². The molecule has 0 amide bonds. The molecule has 37 heavy (non-hydrogen) atoms. The molecule has 0 radical (unpaired) electrons. The van der Waals surface area contributed by atoms with Crippen molar-refractivity contribution in [1.82, 2.24) is 0 Å². The maximum absolute atomic E-state index is 10.5. The summed E-state index contributed by atoms with van der Waals surface area (Å²) in [6.45, 7) is 2.03. The van der Waals surface area contributed by atoms with Crippen LogP contribution in [0.4, 0.5) is 0 Å². The summed E-state index contributed by atoms with van der Waals surface area (Å²) in [6, 6.07) is 19.3. The highest BCUT2D eigenvalue weighted by molar-refractivity contribution is 6.31. The van der Waals surface area contributed by atoms with Crippen LogP contribution in [0.1, 0.15) is 33.9 Å². The molecule has 5 rings (SSSR count). The number of aryl methyl sites for hydroxylation is 1. The molecular weight excluding hydrogens is 496 g/mol. The summed E-state index contributed by atoms with van der Waals surface area (Å²) in [5.41, 5.74) is 4.81. The smallest absolute Gasteiger partial charge is 0.137 e. The van der Waals surface area contributed by atoms with Gasteiger partial charge in [-0.25, -0.2) is 0 Å². The molecule has 0 aliphatic carbocycles. The van der Waals surface area contributed by atoms with Crippen molar-refractivity contribution in [2.75, 3.05) is 13.2 Å². The number of rotatable bonds is 7. The molecular formula is C29H31ClO7. The van der Waals surface area contributed by atoms with E-state index in [1.54, 1.807) is 12.1 Å². The molecule has 2 aliphatic rings. The monoisotopic (exact) mass is 526 g/mol. The van der Waals surface area contributed by atoms with Gasteiger partial charge in [-0.1, -0.05) is 48.0 Å². The Labute approximate surface area is 220 Å². The van der Waals surface area contributed by atoms with Gasteiger partial charge in [0, 0.05) is 11.4 Å². The van der Waals surface area contributed by atoms with Crippen LogP contribution in [0.15, 0.2) is 60.7 Å². The predicted molar refractivity (Wildman–Crippen MR) is 138 cm³/mol. The SMILES string of the molecule is Cc1ccc2c(c1)OC(COc1ccc(Cc3cc([C@@H]4O[C@H](CO)[C@@H](O)[C@H](O)[C@H]4O)ccc3Cl)cc1)C2. The Bertz CT molecular complexity index is 1230. The Morgan fingerprint density at radius 2 is 1.73 bits per heavy atom. The lowest BCUT2D eigenvalue weighted by molar-refractivity contribution is -0.231. The lowest BCUT2D eigenvalue weighted by Crippen LogP contribution is -2.55. The standard InChI is InChI=1S/C29H31ClO7/c1-16-2-5-18-13-22(36-24(18)10-16)15-35-21-7-3-17(4-8-21)11-20-12-19(6-9-23(20)30)29-28(34)27(33)26(32)25(14-31)37-29/h2-10,12,22,25-29,31-34H,11,13-15H2,1H3/t22?,25-,26-,27+,28-,29+/m1/s1. The number of hydrogen-bond donors (Lipinski definition) is 4. The molecule has 1 saturated heterocycles. The molecule has 7 nitrogen and oxygen atoms in total. The number of benzene rings is 3. The van der Waals surface area contributed by atoms with E-state index in [2.05, 4.69) is 18.2 Å². The Morgan fingerprint density at radius 3 is 2.49 bits per heavy atom. The summed E-state index contributed by atoms with van der Waals surface area (Å²) in [4.78, 5) is 0. The molecule has 3 aromatic carbocycles. The van der Waals surface area contributed by atoms with Crippen LogP contribution in [-0.4, -0.2) is 64.2 Å². The average molecular weight is 527 g/mol. The van der Waals surface area contributed by atoms with Crippen LogP contribution in [-0.2, 0) is 17.6 Å². The fourth-order valence-corrected chi connectivity index (χ4v) is 5.08. The molecule has 8 heteroatoms. The molecule has 0 spiro atoms. The molecule has 2 aliphatic heterocycles. The van der Waals surface area contributed by atoms with Gasteiger partial charge in [0.15, 0.2) is 0 Å². The van der Waals surface area contributed by atoms with Crippen LogP contribution >= 0.6 is 11.6 Å². The molecule has 2 heterocycles. The minimum absolute atomic E-state index is 0.0135. The fourth-order valence-electron chi connectivity index (χ4n) is 4.90. The summed E-state index contributed by atoms with van der Waals surface area (Å²) in [6.07, 6.45) is -4.71. The second kappa shape index (κ2) is 11.0. The molecule has 0 saturated carbocycles. The summed E-state index contributed by atoms with van der Waals surface area (Å²) in [5, 5.41) is 40.7. The van der Waals surface area contributed by atoms with Crippen LogP contribution in [0.2, 0.25) is 5.02 Å². The Morgan fingerprint density at radius 1 is 0.946 bits per heavy atom. The molecule has 6 atom stereocenters. The minimum Gasteiger partial charge on any atom is -0.490 e. The summed E-state index contributed by atoms with van der Waals surface area (Å²) in [7, 11) is 0. The lowest BCUT2D eigenvalue weighted by atomic mass is 9.90. The van der Waals surface area contributed by atoms with Crippen molar-refractivity contribution in [1.29, 1.82) is 0 Å². The Balaban J connectivity index is 1.22. The highest BCUT2D eigenvalue weighted by atomic mass is 35.5. The van der Waals surface area contributed by atoms with Gasteiger partial charge < -0.3 is 34.6 Å². The molecule has 1 unspecified atom stereocenters. The van der Waals surface area contributed by atoms with E-state index in [-0.39, 0.29) is 6.10 Å². The van der Waals surface area contributed by atoms with E-state index in [1.807, 2.05) is 37.3 Å². The van der Waals surface area contributed by atoms with Gasteiger partial charge in [0.1, 0.15) is 54.7 Å². The second-order valence-electron chi connectivity index (χ2n) is 9.79. The number of halogens is 1. The van der Waals surface area contributed by atoms with Gasteiger partial charge in [-0.05, 0) is 65.4 Å². The normalized spacial score (nSPS) is 27.0. The number of fused-ring (bicyclic) bond motifs is 1. The van der Waals surface area contributed by atoms with Gasteiger partial charge in [-0.3, -0.25) is 0 Å². The zero-order valence-corrected chi connectivity index (χ0v) is 21.2. The van der Waals surface area contributed by atoms with E-state index >= 15 is 0 Å². The fraction of sp³-hybridized carbons (Fsp3) is 0.379. The van der Waals surface area contributed by atoms with Gasteiger partial charge in [0.05, 0.1) is 6.61 Å². The van der Waals surface area contributed by atoms with Crippen LogP contribution in [0.25, 0.3) is 0 Å². The molecule has 3 aromatic rings. The molecule has 0 bridgehead atoms. The zero-order chi connectivity index (χ0) is 26.1. The molecule has 1 fully saturated rings. The summed E-state index contributed by atoms with van der Waals surface area (Å²) in [5.74, 6) is 1.69. The molecule has 4 N–H and O–H groups in total. The second-order valence-corrected chi connectivity index (χ2v) is 10.2. The Hall–Kier alpha value is -2.65. The number of ether oxygens (including phenoxy) is 3. The maximum atomic E-state index is 10.5. The summed E-state index contributed by atoms with van der Waals surface area (Å²) >= 11 is 6.46. The van der Waals surface area contributed by atoms with Crippen molar-refractivity contribution < 1.29 is 34.6 Å². The lowest BCUT2D eigenvalue weighted by Gasteiger charge is -2.40. The first kappa shape index (κ1) is 26.0. The van der Waals surface area contributed by atoms with E-state index in [4.69, 9.17) is 25.8 Å². The van der Waals surface area contributed by atoms with E-state index in [0.29, 0.717) is 23.6 Å². The first-order chi connectivity index (χ1) is 17.8. The minimum atomic E-state index is -1.43. The maximum Gasteiger partial charge on any atom is 0.137 e. The van der Waals surface area contributed by atoms with Gasteiger partial charge in [0.25, 0.3) is 0 Å². The molecule has 0 aromatic heterocycles. The third-order valence-electron chi connectivity index (χ3n) is 7.01. The highest BCUT2D eigenvalue weighted by Crippen LogP contribution is 2.35. The summed E-state index contributed by atoms with van der Waals surface area (Å²) < 4.78 is 17.7. The van der Waals surface area contributed by atoms with Crippen LogP contribution in [0.5, 0.6) is 11.5 Å².